The molecule has 0 spiro atoms. The zero-order valence-corrected chi connectivity index (χ0v) is 10.2. The molecule has 0 fully saturated rings. The van der Waals surface area contributed by atoms with Gasteiger partial charge < -0.3 is 15.2 Å². The number of carbonyl (C=O) groups is 1. The van der Waals surface area contributed by atoms with Crippen molar-refractivity contribution in [2.45, 2.75) is 19.6 Å². The Labute approximate surface area is 102 Å². The maximum Gasteiger partial charge on any atom is 0.312 e. The summed E-state index contributed by atoms with van der Waals surface area (Å²) in [5.74, 6) is -0.913. The molecule has 4 heteroatoms. The van der Waals surface area contributed by atoms with Crippen molar-refractivity contribution in [3.63, 3.8) is 0 Å². The first-order valence-electron chi connectivity index (χ1n) is 5.65. The van der Waals surface area contributed by atoms with Crippen LogP contribution in [0.3, 0.4) is 0 Å². The van der Waals surface area contributed by atoms with Crippen molar-refractivity contribution in [2.75, 3.05) is 13.7 Å². The lowest BCUT2D eigenvalue weighted by Crippen LogP contribution is -2.36. The minimum absolute atomic E-state index is 0.388. The van der Waals surface area contributed by atoms with Gasteiger partial charge in [0.1, 0.15) is 0 Å². The van der Waals surface area contributed by atoms with Crippen LogP contribution in [0.4, 0.5) is 0 Å². The number of aliphatic hydroxyl groups is 1. The lowest BCUT2D eigenvalue weighted by atomic mass is 10.0. The lowest BCUT2D eigenvalue weighted by molar-refractivity contribution is -0.148. The summed E-state index contributed by atoms with van der Waals surface area (Å²) in [6.45, 7) is 2.66. The van der Waals surface area contributed by atoms with Crippen LogP contribution in [0.1, 0.15) is 12.5 Å². The summed E-state index contributed by atoms with van der Waals surface area (Å²) in [5.41, 5.74) is 1.14. The van der Waals surface area contributed by atoms with Crippen molar-refractivity contribution in [1.82, 2.24) is 5.32 Å². The molecule has 17 heavy (non-hydrogen) atoms. The van der Waals surface area contributed by atoms with E-state index < -0.39 is 12.0 Å². The first-order valence-corrected chi connectivity index (χ1v) is 5.65. The molecule has 94 valence electrons. The molecule has 0 aliphatic rings. The summed E-state index contributed by atoms with van der Waals surface area (Å²) in [7, 11) is 1.33. The van der Waals surface area contributed by atoms with Crippen LogP contribution in [-0.4, -0.2) is 30.8 Å². The number of hydrogen-bond acceptors (Lipinski definition) is 4. The van der Waals surface area contributed by atoms with Gasteiger partial charge in [0, 0.05) is 13.1 Å². The van der Waals surface area contributed by atoms with E-state index in [1.807, 2.05) is 30.3 Å². The topological polar surface area (TPSA) is 58.6 Å². The molecule has 0 saturated heterocycles. The van der Waals surface area contributed by atoms with Gasteiger partial charge in [-0.1, -0.05) is 30.3 Å². The number of rotatable bonds is 6. The van der Waals surface area contributed by atoms with E-state index in [2.05, 4.69) is 10.1 Å². The Bertz CT molecular complexity index is 338. The Morgan fingerprint density at radius 3 is 2.59 bits per heavy atom. The molecule has 1 rings (SSSR count). The molecule has 1 aromatic carbocycles. The fourth-order valence-electron chi connectivity index (χ4n) is 1.57. The fourth-order valence-corrected chi connectivity index (χ4v) is 1.57. The van der Waals surface area contributed by atoms with E-state index in [0.717, 1.165) is 5.56 Å². The molecule has 0 aromatic heterocycles. The molecule has 0 heterocycles. The SMILES string of the molecule is COC(=O)[C@H](CNCc1ccccc1)[C@H](C)O. The molecule has 4 nitrogen and oxygen atoms in total. The lowest BCUT2D eigenvalue weighted by Gasteiger charge is -2.17. The molecule has 0 amide bonds. The quantitative estimate of drug-likeness (QED) is 0.723. The predicted octanol–water partition coefficient (Wildman–Crippen LogP) is 0.946. The third-order valence-corrected chi connectivity index (χ3v) is 2.62. The van der Waals surface area contributed by atoms with Gasteiger partial charge in [0.25, 0.3) is 0 Å². The van der Waals surface area contributed by atoms with E-state index in [4.69, 9.17) is 0 Å². The van der Waals surface area contributed by atoms with Crippen LogP contribution in [0, 0.1) is 5.92 Å². The van der Waals surface area contributed by atoms with Gasteiger partial charge in [0.2, 0.25) is 0 Å². The van der Waals surface area contributed by atoms with Crippen LogP contribution in [0.2, 0.25) is 0 Å². The van der Waals surface area contributed by atoms with Gasteiger partial charge in [-0.2, -0.15) is 0 Å². The standard InChI is InChI=1S/C13H19NO3/c1-10(15)12(13(16)17-2)9-14-8-11-6-4-3-5-7-11/h3-7,10,12,14-15H,8-9H2,1-2H3/t10-,12+/m0/s1. The summed E-state index contributed by atoms with van der Waals surface area (Å²) < 4.78 is 4.64. The Balaban J connectivity index is 2.40. The van der Waals surface area contributed by atoms with E-state index in [9.17, 15) is 9.90 Å². The van der Waals surface area contributed by atoms with Crippen LogP contribution in [0.25, 0.3) is 0 Å². The Kier molecular flexibility index (Phi) is 5.66. The molecule has 0 unspecified atom stereocenters. The predicted molar refractivity (Wildman–Crippen MR) is 65.3 cm³/mol. The molecule has 1 aromatic rings. The summed E-state index contributed by atoms with van der Waals surface area (Å²) in [4.78, 5) is 11.4. The normalized spacial score (nSPS) is 14.1. The highest BCUT2D eigenvalue weighted by atomic mass is 16.5. The number of ether oxygens (including phenoxy) is 1. The van der Waals surface area contributed by atoms with E-state index in [1.54, 1.807) is 6.92 Å². The second kappa shape index (κ2) is 7.04. The highest BCUT2D eigenvalue weighted by Crippen LogP contribution is 2.05. The number of carbonyl (C=O) groups excluding carboxylic acids is 1. The number of hydrogen-bond donors (Lipinski definition) is 2. The number of methoxy groups -OCH3 is 1. The van der Waals surface area contributed by atoms with Crippen molar-refractivity contribution < 1.29 is 14.6 Å². The average molecular weight is 237 g/mol. The van der Waals surface area contributed by atoms with E-state index >= 15 is 0 Å². The first-order chi connectivity index (χ1) is 8.15. The van der Waals surface area contributed by atoms with Crippen molar-refractivity contribution in [3.05, 3.63) is 35.9 Å². The number of esters is 1. The number of aliphatic hydroxyl groups excluding tert-OH is 1. The number of benzene rings is 1. The van der Waals surface area contributed by atoms with E-state index in [1.165, 1.54) is 7.11 Å². The van der Waals surface area contributed by atoms with Crippen LogP contribution in [0.5, 0.6) is 0 Å². The third kappa shape index (κ3) is 4.54. The second-order valence-electron chi connectivity index (χ2n) is 3.99. The molecule has 2 atom stereocenters. The second-order valence-corrected chi connectivity index (χ2v) is 3.99. The highest BCUT2D eigenvalue weighted by molar-refractivity contribution is 5.73. The van der Waals surface area contributed by atoms with Gasteiger partial charge in [-0.05, 0) is 12.5 Å². The summed E-state index contributed by atoms with van der Waals surface area (Å²) in [6, 6.07) is 9.88. The van der Waals surface area contributed by atoms with Gasteiger partial charge in [0.05, 0.1) is 19.1 Å². The Morgan fingerprint density at radius 2 is 2.06 bits per heavy atom. The molecule has 0 aliphatic carbocycles. The Morgan fingerprint density at radius 1 is 1.41 bits per heavy atom. The van der Waals surface area contributed by atoms with E-state index in [0.29, 0.717) is 13.1 Å². The molecule has 0 aliphatic heterocycles. The molecule has 0 bridgehead atoms. The van der Waals surface area contributed by atoms with Crippen molar-refractivity contribution in [2.24, 2.45) is 5.92 Å². The van der Waals surface area contributed by atoms with Crippen LogP contribution in [0.15, 0.2) is 30.3 Å². The summed E-state index contributed by atoms with van der Waals surface area (Å²) >= 11 is 0. The zero-order valence-electron chi connectivity index (χ0n) is 10.2. The maximum absolute atomic E-state index is 11.4. The molecular formula is C13H19NO3. The van der Waals surface area contributed by atoms with Gasteiger partial charge in [-0.15, -0.1) is 0 Å². The smallest absolute Gasteiger partial charge is 0.312 e. The van der Waals surface area contributed by atoms with Crippen LogP contribution >= 0.6 is 0 Å². The monoisotopic (exact) mass is 237 g/mol. The highest BCUT2D eigenvalue weighted by Gasteiger charge is 2.23. The largest absolute Gasteiger partial charge is 0.469 e. The fraction of sp³-hybridized carbons (Fsp3) is 0.462. The third-order valence-electron chi connectivity index (χ3n) is 2.62. The molecule has 0 saturated carbocycles. The van der Waals surface area contributed by atoms with Gasteiger partial charge in [0.15, 0.2) is 0 Å². The zero-order chi connectivity index (χ0) is 12.7. The minimum Gasteiger partial charge on any atom is -0.469 e. The van der Waals surface area contributed by atoms with Crippen LogP contribution in [-0.2, 0) is 16.1 Å². The van der Waals surface area contributed by atoms with Crippen molar-refractivity contribution in [3.8, 4) is 0 Å². The van der Waals surface area contributed by atoms with Gasteiger partial charge >= 0.3 is 5.97 Å². The Hall–Kier alpha value is -1.39. The van der Waals surface area contributed by atoms with Gasteiger partial charge in [-0.25, -0.2) is 0 Å². The molecule has 0 radical (unpaired) electrons. The molecular weight excluding hydrogens is 218 g/mol. The first kappa shape index (κ1) is 13.7. The summed E-state index contributed by atoms with van der Waals surface area (Å²) in [6.07, 6.45) is -0.717. The summed E-state index contributed by atoms with van der Waals surface area (Å²) in [5, 5.41) is 12.6. The maximum atomic E-state index is 11.4. The van der Waals surface area contributed by atoms with Gasteiger partial charge in [-0.3, -0.25) is 4.79 Å². The van der Waals surface area contributed by atoms with E-state index in [-0.39, 0.29) is 5.97 Å². The van der Waals surface area contributed by atoms with Crippen LogP contribution < -0.4 is 5.32 Å². The van der Waals surface area contributed by atoms with Crippen molar-refractivity contribution >= 4 is 5.97 Å². The number of nitrogens with one attached hydrogen (secondary N) is 1. The minimum atomic E-state index is -0.717. The van der Waals surface area contributed by atoms with Crippen molar-refractivity contribution in [1.29, 1.82) is 0 Å². The average Bonchev–Trinajstić information content (AvgIpc) is 2.34. The molecule has 2 N–H and O–H groups in total.